The summed E-state index contributed by atoms with van der Waals surface area (Å²) < 4.78 is 19.6. The lowest BCUT2D eigenvalue weighted by Crippen LogP contribution is -2.12. The van der Waals surface area contributed by atoms with Crippen molar-refractivity contribution in [2.45, 2.75) is 32.8 Å². The Kier molecular flexibility index (Phi) is 5.74. The minimum Gasteiger partial charge on any atom is -0.496 e. The molecule has 2 aromatic carbocycles. The summed E-state index contributed by atoms with van der Waals surface area (Å²) >= 11 is 0. The number of oxime groups is 1. The fourth-order valence-electron chi connectivity index (χ4n) is 3.13. The van der Waals surface area contributed by atoms with Crippen LogP contribution in [0.15, 0.2) is 46.5 Å². The molecule has 0 radical (unpaired) electrons. The Morgan fingerprint density at radius 2 is 2.15 bits per heavy atom. The molecule has 142 valence electrons. The van der Waals surface area contributed by atoms with E-state index < -0.39 is 0 Å². The molecular formula is C21H24FN3O2. The van der Waals surface area contributed by atoms with Crippen molar-refractivity contribution in [1.82, 2.24) is 0 Å². The van der Waals surface area contributed by atoms with Crippen molar-refractivity contribution >= 4 is 17.2 Å². The third-order valence-electron chi connectivity index (χ3n) is 4.66. The molecule has 0 spiro atoms. The van der Waals surface area contributed by atoms with Gasteiger partial charge in [-0.15, -0.1) is 0 Å². The van der Waals surface area contributed by atoms with Gasteiger partial charge in [-0.3, -0.25) is 4.99 Å². The van der Waals surface area contributed by atoms with Crippen molar-refractivity contribution < 1.29 is 14.0 Å². The third-order valence-corrected chi connectivity index (χ3v) is 4.66. The van der Waals surface area contributed by atoms with Gasteiger partial charge in [-0.25, -0.2) is 4.39 Å². The minimum atomic E-state index is -0.312. The number of anilines is 1. The molecule has 0 aromatic heterocycles. The number of benzene rings is 2. The van der Waals surface area contributed by atoms with Crippen LogP contribution < -0.4 is 10.1 Å². The molecule has 1 unspecified atom stereocenters. The van der Waals surface area contributed by atoms with Gasteiger partial charge in [0.25, 0.3) is 0 Å². The van der Waals surface area contributed by atoms with Crippen LogP contribution in [-0.4, -0.2) is 25.7 Å². The molecule has 1 aliphatic rings. The number of ether oxygens (including phenoxy) is 1. The number of nitrogens with one attached hydrogen (secondary N) is 1. The molecule has 5 nitrogen and oxygen atoms in total. The molecular weight excluding hydrogens is 345 g/mol. The van der Waals surface area contributed by atoms with Crippen LogP contribution >= 0.6 is 0 Å². The lowest BCUT2D eigenvalue weighted by atomic mass is 9.97. The van der Waals surface area contributed by atoms with Crippen molar-refractivity contribution in [2.75, 3.05) is 19.5 Å². The first-order valence-corrected chi connectivity index (χ1v) is 8.96. The summed E-state index contributed by atoms with van der Waals surface area (Å²) in [6.45, 7) is 4.06. The molecule has 0 bridgehead atoms. The summed E-state index contributed by atoms with van der Waals surface area (Å²) in [6.07, 6.45) is 0.985. The number of aryl methyl sites for hydroxylation is 1. The standard InChI is InChI=1S/C21H24FN3O2/c1-5-21(23-3)24-17-11-19(26-4)15(10-13(17)2)20-12-18(25-27-20)14-8-6-7-9-16(14)22/h6-11,20H,5,12H2,1-4H3,(H,23,24). The number of nitrogens with zero attached hydrogens (tertiary/aromatic N) is 2. The van der Waals surface area contributed by atoms with E-state index in [1.54, 1.807) is 32.4 Å². The van der Waals surface area contributed by atoms with E-state index in [2.05, 4.69) is 15.5 Å². The molecule has 27 heavy (non-hydrogen) atoms. The van der Waals surface area contributed by atoms with Gasteiger partial charge in [0.1, 0.15) is 17.4 Å². The van der Waals surface area contributed by atoms with Crippen molar-refractivity contribution in [3.63, 3.8) is 0 Å². The summed E-state index contributed by atoms with van der Waals surface area (Å²) in [4.78, 5) is 9.86. The molecule has 0 saturated heterocycles. The highest BCUT2D eigenvalue weighted by Gasteiger charge is 2.28. The van der Waals surface area contributed by atoms with Crippen LogP contribution in [0.1, 0.15) is 42.6 Å². The Bertz CT molecular complexity index is 893. The maximum absolute atomic E-state index is 14.0. The van der Waals surface area contributed by atoms with Gasteiger partial charge in [-0.2, -0.15) is 0 Å². The Morgan fingerprint density at radius 1 is 1.37 bits per heavy atom. The van der Waals surface area contributed by atoms with Crippen LogP contribution in [0.2, 0.25) is 0 Å². The topological polar surface area (TPSA) is 55.2 Å². The lowest BCUT2D eigenvalue weighted by molar-refractivity contribution is 0.0836. The van der Waals surface area contributed by atoms with Gasteiger partial charge in [0.2, 0.25) is 0 Å². The second kappa shape index (κ2) is 8.20. The molecule has 0 fully saturated rings. The Balaban J connectivity index is 1.86. The fraction of sp³-hybridized carbons (Fsp3) is 0.333. The third kappa shape index (κ3) is 3.94. The van der Waals surface area contributed by atoms with E-state index in [9.17, 15) is 4.39 Å². The summed E-state index contributed by atoms with van der Waals surface area (Å²) in [5.41, 5.74) is 3.95. The number of aliphatic imine (C=N–C) groups is 1. The second-order valence-electron chi connectivity index (χ2n) is 6.37. The van der Waals surface area contributed by atoms with Crippen LogP contribution in [-0.2, 0) is 4.84 Å². The average Bonchev–Trinajstić information content (AvgIpc) is 3.17. The molecule has 1 aliphatic heterocycles. The fourth-order valence-corrected chi connectivity index (χ4v) is 3.13. The van der Waals surface area contributed by atoms with E-state index in [0.717, 1.165) is 29.1 Å². The van der Waals surface area contributed by atoms with Gasteiger partial charge in [0.05, 0.1) is 12.8 Å². The zero-order chi connectivity index (χ0) is 19.4. The summed E-state index contributed by atoms with van der Waals surface area (Å²) in [7, 11) is 3.39. The van der Waals surface area contributed by atoms with Gasteiger partial charge in [0, 0.05) is 42.8 Å². The minimum absolute atomic E-state index is 0.297. The maximum Gasteiger partial charge on any atom is 0.161 e. The van der Waals surface area contributed by atoms with E-state index >= 15 is 0 Å². The lowest BCUT2D eigenvalue weighted by Gasteiger charge is -2.18. The number of halogens is 1. The molecule has 0 aliphatic carbocycles. The Morgan fingerprint density at radius 3 is 2.81 bits per heavy atom. The van der Waals surface area contributed by atoms with Gasteiger partial charge in [-0.05, 0) is 24.6 Å². The van der Waals surface area contributed by atoms with Crippen molar-refractivity contribution in [2.24, 2.45) is 10.1 Å². The second-order valence-corrected chi connectivity index (χ2v) is 6.37. The Labute approximate surface area is 158 Å². The first kappa shape index (κ1) is 18.9. The summed E-state index contributed by atoms with van der Waals surface area (Å²) in [6, 6.07) is 10.6. The number of rotatable bonds is 5. The van der Waals surface area contributed by atoms with Gasteiger partial charge < -0.3 is 14.9 Å². The van der Waals surface area contributed by atoms with Crippen molar-refractivity contribution in [3.05, 3.63) is 58.9 Å². The highest BCUT2D eigenvalue weighted by molar-refractivity contribution is 6.01. The first-order chi connectivity index (χ1) is 13.1. The van der Waals surface area contributed by atoms with Gasteiger partial charge in [-0.1, -0.05) is 30.3 Å². The molecule has 0 saturated carbocycles. The van der Waals surface area contributed by atoms with Crippen LogP contribution in [0.5, 0.6) is 5.75 Å². The van der Waals surface area contributed by atoms with Crippen LogP contribution in [0.4, 0.5) is 10.1 Å². The molecule has 3 rings (SSSR count). The predicted octanol–water partition coefficient (Wildman–Crippen LogP) is 4.86. The monoisotopic (exact) mass is 369 g/mol. The molecule has 0 amide bonds. The smallest absolute Gasteiger partial charge is 0.161 e. The largest absolute Gasteiger partial charge is 0.496 e. The highest BCUT2D eigenvalue weighted by Crippen LogP contribution is 2.38. The predicted molar refractivity (Wildman–Crippen MR) is 106 cm³/mol. The Hall–Kier alpha value is -2.89. The van der Waals surface area contributed by atoms with Crippen molar-refractivity contribution in [1.29, 1.82) is 0 Å². The van der Waals surface area contributed by atoms with E-state index in [1.165, 1.54) is 6.07 Å². The number of methoxy groups -OCH3 is 1. The molecule has 6 heteroatoms. The van der Waals surface area contributed by atoms with Crippen LogP contribution in [0, 0.1) is 12.7 Å². The molecule has 1 heterocycles. The van der Waals surface area contributed by atoms with Crippen LogP contribution in [0.3, 0.4) is 0 Å². The van der Waals surface area contributed by atoms with Gasteiger partial charge in [0.15, 0.2) is 6.10 Å². The zero-order valence-corrected chi connectivity index (χ0v) is 16.0. The molecule has 1 atom stereocenters. The van der Waals surface area contributed by atoms with E-state index in [1.807, 2.05) is 26.0 Å². The highest BCUT2D eigenvalue weighted by atomic mass is 19.1. The maximum atomic E-state index is 14.0. The number of hydrogen-bond donors (Lipinski definition) is 1. The molecule has 2 aromatic rings. The SMILES string of the molecule is CCC(=NC)Nc1cc(OC)c(C2CC(c3ccccc3F)=NO2)cc1C. The average molecular weight is 369 g/mol. The molecule has 1 N–H and O–H groups in total. The summed E-state index contributed by atoms with van der Waals surface area (Å²) in [5, 5.41) is 7.45. The van der Waals surface area contributed by atoms with Crippen LogP contribution in [0.25, 0.3) is 0 Å². The summed E-state index contributed by atoms with van der Waals surface area (Å²) in [5.74, 6) is 1.30. The number of hydrogen-bond acceptors (Lipinski definition) is 4. The first-order valence-electron chi connectivity index (χ1n) is 8.96. The number of amidine groups is 1. The zero-order valence-electron chi connectivity index (χ0n) is 16.0. The van der Waals surface area contributed by atoms with E-state index in [4.69, 9.17) is 9.57 Å². The quantitative estimate of drug-likeness (QED) is 0.605. The van der Waals surface area contributed by atoms with E-state index in [-0.39, 0.29) is 11.9 Å². The van der Waals surface area contributed by atoms with Gasteiger partial charge >= 0.3 is 0 Å². The van der Waals surface area contributed by atoms with Crippen molar-refractivity contribution in [3.8, 4) is 5.75 Å². The normalized spacial score (nSPS) is 16.7. The van der Waals surface area contributed by atoms with E-state index in [0.29, 0.717) is 23.4 Å².